The SMILES string of the molecule is Cc1cccc(OCC(=O)NNC(=O)c2ccc(NC(=O)C3CCCCC3)cc2)c1. The van der Waals surface area contributed by atoms with Gasteiger partial charge in [0.05, 0.1) is 0 Å². The van der Waals surface area contributed by atoms with E-state index < -0.39 is 11.8 Å². The molecule has 7 nitrogen and oxygen atoms in total. The van der Waals surface area contributed by atoms with E-state index in [4.69, 9.17) is 4.74 Å². The van der Waals surface area contributed by atoms with Crippen LogP contribution in [-0.4, -0.2) is 24.3 Å². The minimum Gasteiger partial charge on any atom is -0.484 e. The number of carbonyl (C=O) groups is 3. The second-order valence-electron chi connectivity index (χ2n) is 7.51. The van der Waals surface area contributed by atoms with Crippen LogP contribution in [0.25, 0.3) is 0 Å². The van der Waals surface area contributed by atoms with Crippen LogP contribution < -0.4 is 20.9 Å². The molecule has 0 atom stereocenters. The van der Waals surface area contributed by atoms with Gasteiger partial charge in [-0.05, 0) is 61.7 Å². The molecule has 0 spiro atoms. The number of benzene rings is 2. The fourth-order valence-corrected chi connectivity index (χ4v) is 3.40. The first kappa shape index (κ1) is 21.4. The quantitative estimate of drug-likeness (QED) is 0.638. The van der Waals surface area contributed by atoms with Gasteiger partial charge < -0.3 is 10.1 Å². The normalized spacial score (nSPS) is 13.9. The number of hydrazine groups is 1. The van der Waals surface area contributed by atoms with Crippen LogP contribution in [-0.2, 0) is 9.59 Å². The molecule has 1 aliphatic carbocycles. The van der Waals surface area contributed by atoms with Gasteiger partial charge in [-0.15, -0.1) is 0 Å². The molecule has 158 valence electrons. The smallest absolute Gasteiger partial charge is 0.276 e. The average molecular weight is 409 g/mol. The largest absolute Gasteiger partial charge is 0.484 e. The topological polar surface area (TPSA) is 96.5 Å². The molecule has 0 unspecified atom stereocenters. The molecular weight excluding hydrogens is 382 g/mol. The molecule has 3 rings (SSSR count). The van der Waals surface area contributed by atoms with E-state index in [2.05, 4.69) is 16.2 Å². The molecule has 2 aromatic rings. The Kier molecular flexibility index (Phi) is 7.43. The van der Waals surface area contributed by atoms with Gasteiger partial charge in [0, 0.05) is 17.2 Å². The summed E-state index contributed by atoms with van der Waals surface area (Å²) in [6, 6.07) is 13.9. The number of rotatable bonds is 6. The van der Waals surface area contributed by atoms with E-state index in [0.717, 1.165) is 31.2 Å². The van der Waals surface area contributed by atoms with Gasteiger partial charge in [-0.3, -0.25) is 25.2 Å². The molecule has 0 saturated heterocycles. The van der Waals surface area contributed by atoms with Crippen molar-refractivity contribution in [3.05, 3.63) is 59.7 Å². The molecule has 3 N–H and O–H groups in total. The summed E-state index contributed by atoms with van der Waals surface area (Å²) in [4.78, 5) is 36.4. The second kappa shape index (κ2) is 10.4. The summed E-state index contributed by atoms with van der Waals surface area (Å²) in [5.74, 6) is -0.237. The molecule has 0 radical (unpaired) electrons. The highest BCUT2D eigenvalue weighted by Gasteiger charge is 2.21. The van der Waals surface area contributed by atoms with Crippen molar-refractivity contribution in [2.75, 3.05) is 11.9 Å². The Morgan fingerprint density at radius 1 is 0.967 bits per heavy atom. The van der Waals surface area contributed by atoms with Crippen molar-refractivity contribution in [2.24, 2.45) is 5.92 Å². The number of amides is 3. The zero-order chi connectivity index (χ0) is 21.3. The summed E-state index contributed by atoms with van der Waals surface area (Å²) in [7, 11) is 0. The predicted molar refractivity (Wildman–Crippen MR) is 114 cm³/mol. The maximum atomic E-state index is 12.3. The number of aryl methyl sites for hydroxylation is 1. The molecule has 3 amide bonds. The first-order valence-corrected chi connectivity index (χ1v) is 10.2. The van der Waals surface area contributed by atoms with Crippen LogP contribution in [0.3, 0.4) is 0 Å². The molecule has 1 aliphatic rings. The van der Waals surface area contributed by atoms with Crippen molar-refractivity contribution in [3.8, 4) is 5.75 Å². The van der Waals surface area contributed by atoms with E-state index in [0.29, 0.717) is 17.0 Å². The fourth-order valence-electron chi connectivity index (χ4n) is 3.40. The van der Waals surface area contributed by atoms with Crippen LogP contribution >= 0.6 is 0 Å². The van der Waals surface area contributed by atoms with Crippen molar-refractivity contribution in [1.29, 1.82) is 0 Å². The van der Waals surface area contributed by atoms with E-state index in [-0.39, 0.29) is 18.4 Å². The maximum absolute atomic E-state index is 12.3. The molecule has 1 saturated carbocycles. The molecule has 1 fully saturated rings. The van der Waals surface area contributed by atoms with Gasteiger partial charge in [0.15, 0.2) is 6.61 Å². The highest BCUT2D eigenvalue weighted by molar-refractivity contribution is 5.97. The van der Waals surface area contributed by atoms with Gasteiger partial charge in [-0.25, -0.2) is 0 Å². The lowest BCUT2D eigenvalue weighted by Crippen LogP contribution is -2.43. The Bertz CT molecular complexity index is 890. The van der Waals surface area contributed by atoms with E-state index in [1.807, 2.05) is 25.1 Å². The third-order valence-corrected chi connectivity index (χ3v) is 5.07. The molecule has 0 aromatic heterocycles. The van der Waals surface area contributed by atoms with E-state index in [9.17, 15) is 14.4 Å². The highest BCUT2D eigenvalue weighted by atomic mass is 16.5. The van der Waals surface area contributed by atoms with Crippen LogP contribution in [0.4, 0.5) is 5.69 Å². The number of anilines is 1. The number of nitrogens with one attached hydrogen (secondary N) is 3. The summed E-state index contributed by atoms with van der Waals surface area (Å²) >= 11 is 0. The van der Waals surface area contributed by atoms with Gasteiger partial charge in [0.25, 0.3) is 11.8 Å². The Morgan fingerprint density at radius 2 is 1.70 bits per heavy atom. The van der Waals surface area contributed by atoms with Crippen LogP contribution in [0, 0.1) is 12.8 Å². The predicted octanol–water partition coefficient (Wildman–Crippen LogP) is 3.35. The number of hydrogen-bond acceptors (Lipinski definition) is 4. The van der Waals surface area contributed by atoms with Gasteiger partial charge in [-0.2, -0.15) is 0 Å². The van der Waals surface area contributed by atoms with Crippen LogP contribution in [0.2, 0.25) is 0 Å². The van der Waals surface area contributed by atoms with Gasteiger partial charge >= 0.3 is 0 Å². The van der Waals surface area contributed by atoms with Crippen molar-refractivity contribution in [1.82, 2.24) is 10.9 Å². The molecule has 0 heterocycles. The average Bonchev–Trinajstić information content (AvgIpc) is 2.77. The Labute approximate surface area is 176 Å². The van der Waals surface area contributed by atoms with Crippen molar-refractivity contribution >= 4 is 23.4 Å². The summed E-state index contributed by atoms with van der Waals surface area (Å²) in [5, 5.41) is 2.91. The fraction of sp³-hybridized carbons (Fsp3) is 0.348. The molecule has 0 bridgehead atoms. The number of hydrogen-bond donors (Lipinski definition) is 3. The van der Waals surface area contributed by atoms with Crippen molar-refractivity contribution in [2.45, 2.75) is 39.0 Å². The molecule has 0 aliphatic heterocycles. The lowest BCUT2D eigenvalue weighted by molar-refractivity contribution is -0.124. The lowest BCUT2D eigenvalue weighted by atomic mass is 9.88. The third-order valence-electron chi connectivity index (χ3n) is 5.07. The molecule has 7 heteroatoms. The zero-order valence-electron chi connectivity index (χ0n) is 17.1. The number of ether oxygens (including phenoxy) is 1. The highest BCUT2D eigenvalue weighted by Crippen LogP contribution is 2.25. The Hall–Kier alpha value is -3.35. The maximum Gasteiger partial charge on any atom is 0.276 e. The first-order chi connectivity index (χ1) is 14.5. The minimum atomic E-state index is -0.471. The first-order valence-electron chi connectivity index (χ1n) is 10.2. The number of carbonyl (C=O) groups excluding carboxylic acids is 3. The molecular formula is C23H27N3O4. The summed E-state index contributed by atoms with van der Waals surface area (Å²) in [5.41, 5.74) is 6.72. The summed E-state index contributed by atoms with van der Waals surface area (Å²) in [6.45, 7) is 1.72. The third kappa shape index (κ3) is 6.34. The van der Waals surface area contributed by atoms with Gasteiger partial charge in [-0.1, -0.05) is 31.4 Å². The van der Waals surface area contributed by atoms with Crippen LogP contribution in [0.5, 0.6) is 5.75 Å². The Balaban J connectivity index is 1.42. The van der Waals surface area contributed by atoms with Crippen LogP contribution in [0.15, 0.2) is 48.5 Å². The lowest BCUT2D eigenvalue weighted by Gasteiger charge is -2.20. The standard InChI is InChI=1S/C23H27N3O4/c1-16-6-5-9-20(14-16)30-15-21(27)25-26-23(29)18-10-12-19(13-11-18)24-22(28)17-7-3-2-4-8-17/h5-6,9-14,17H,2-4,7-8,15H2,1H3,(H,24,28)(H,25,27)(H,26,29). The Morgan fingerprint density at radius 3 is 2.40 bits per heavy atom. The van der Waals surface area contributed by atoms with Crippen molar-refractivity contribution in [3.63, 3.8) is 0 Å². The van der Waals surface area contributed by atoms with Gasteiger partial charge in [0.1, 0.15) is 5.75 Å². The summed E-state index contributed by atoms with van der Waals surface area (Å²) in [6.07, 6.45) is 5.25. The van der Waals surface area contributed by atoms with Crippen LogP contribution in [0.1, 0.15) is 48.0 Å². The van der Waals surface area contributed by atoms with Crippen molar-refractivity contribution < 1.29 is 19.1 Å². The molecule has 30 heavy (non-hydrogen) atoms. The van der Waals surface area contributed by atoms with E-state index in [1.54, 1.807) is 30.3 Å². The zero-order valence-corrected chi connectivity index (χ0v) is 17.1. The van der Waals surface area contributed by atoms with Gasteiger partial charge in [0.2, 0.25) is 5.91 Å². The van der Waals surface area contributed by atoms with E-state index in [1.165, 1.54) is 6.42 Å². The minimum absolute atomic E-state index is 0.0350. The second-order valence-corrected chi connectivity index (χ2v) is 7.51. The summed E-state index contributed by atoms with van der Waals surface area (Å²) < 4.78 is 5.39. The molecule has 2 aromatic carbocycles. The van der Waals surface area contributed by atoms with E-state index >= 15 is 0 Å². The monoisotopic (exact) mass is 409 g/mol.